The van der Waals surface area contributed by atoms with Gasteiger partial charge in [-0.2, -0.15) is 18.3 Å². The molecule has 0 aliphatic heterocycles. The van der Waals surface area contributed by atoms with Crippen LogP contribution in [0.25, 0.3) is 5.78 Å². The molecule has 3 heterocycles. The van der Waals surface area contributed by atoms with E-state index in [-0.39, 0.29) is 17.4 Å². The summed E-state index contributed by atoms with van der Waals surface area (Å²) >= 11 is 6.06. The largest absolute Gasteiger partial charge is 0.363 e. The van der Waals surface area contributed by atoms with E-state index >= 15 is 0 Å². The van der Waals surface area contributed by atoms with Crippen molar-refractivity contribution in [3.63, 3.8) is 0 Å². The molecule has 10 heteroatoms. The number of fused-ring (bicyclic) bond motifs is 1. The zero-order chi connectivity index (χ0) is 21.3. The van der Waals surface area contributed by atoms with Crippen LogP contribution in [0.4, 0.5) is 26.2 Å². The molecule has 0 unspecified atom stereocenters. The molecule has 0 spiro atoms. The number of alkyl halides is 2. The molecule has 0 fully saturated rings. The molecule has 7 nitrogen and oxygen atoms in total. The summed E-state index contributed by atoms with van der Waals surface area (Å²) in [6, 6.07) is 11.5. The van der Waals surface area contributed by atoms with Crippen LogP contribution in [0.5, 0.6) is 0 Å². The molecule has 2 N–H and O–H groups in total. The average Bonchev–Trinajstić information content (AvgIpc) is 3.12. The van der Waals surface area contributed by atoms with Crippen LogP contribution in [0.1, 0.15) is 17.0 Å². The maximum Gasteiger partial charge on any atom is 0.306 e. The van der Waals surface area contributed by atoms with Crippen LogP contribution in [0.2, 0.25) is 5.02 Å². The van der Waals surface area contributed by atoms with Gasteiger partial charge in [0.1, 0.15) is 11.5 Å². The van der Waals surface area contributed by atoms with Crippen LogP contribution in [-0.4, -0.2) is 31.1 Å². The lowest BCUT2D eigenvalue weighted by Gasteiger charge is -2.17. The summed E-state index contributed by atoms with van der Waals surface area (Å²) in [5.74, 6) is -2.26. The lowest BCUT2D eigenvalue weighted by molar-refractivity contribution is 0.00588. The van der Waals surface area contributed by atoms with Crippen LogP contribution >= 0.6 is 11.6 Å². The quantitative estimate of drug-likeness (QED) is 0.461. The summed E-state index contributed by atoms with van der Waals surface area (Å²) in [5, 5.41) is 10.8. The van der Waals surface area contributed by atoms with Gasteiger partial charge in [-0.05, 0) is 43.7 Å². The molecule has 0 aliphatic rings. The van der Waals surface area contributed by atoms with Crippen molar-refractivity contribution in [2.24, 2.45) is 0 Å². The first-order chi connectivity index (χ1) is 14.3. The first kappa shape index (κ1) is 20.0. The van der Waals surface area contributed by atoms with Gasteiger partial charge in [0.05, 0.1) is 6.54 Å². The second-order valence-corrected chi connectivity index (χ2v) is 7.22. The van der Waals surface area contributed by atoms with E-state index in [1.165, 1.54) is 22.8 Å². The van der Waals surface area contributed by atoms with Gasteiger partial charge in [-0.3, -0.25) is 4.98 Å². The number of rotatable bonds is 6. The van der Waals surface area contributed by atoms with E-state index in [2.05, 4.69) is 30.7 Å². The molecule has 0 aliphatic carbocycles. The summed E-state index contributed by atoms with van der Waals surface area (Å²) < 4.78 is 30.4. The normalized spacial score (nSPS) is 11.6. The fourth-order valence-electron chi connectivity index (χ4n) is 2.89. The van der Waals surface area contributed by atoms with Gasteiger partial charge in [-0.1, -0.05) is 23.7 Å². The van der Waals surface area contributed by atoms with Crippen molar-refractivity contribution in [2.45, 2.75) is 19.8 Å². The third-order valence-corrected chi connectivity index (χ3v) is 4.65. The van der Waals surface area contributed by atoms with Gasteiger partial charge in [0.2, 0.25) is 5.95 Å². The van der Waals surface area contributed by atoms with E-state index in [9.17, 15) is 8.78 Å². The summed E-state index contributed by atoms with van der Waals surface area (Å²) in [6.45, 7) is 3.02. The molecule has 0 amide bonds. The van der Waals surface area contributed by atoms with Crippen molar-refractivity contribution in [3.8, 4) is 0 Å². The molecule has 154 valence electrons. The van der Waals surface area contributed by atoms with Gasteiger partial charge in [0.15, 0.2) is 0 Å². The first-order valence-electron chi connectivity index (χ1n) is 9.13. The Morgan fingerprint density at radius 3 is 2.70 bits per heavy atom. The van der Waals surface area contributed by atoms with Gasteiger partial charge >= 0.3 is 5.92 Å². The number of benzene rings is 1. The third-order valence-electron chi connectivity index (χ3n) is 4.42. The number of nitrogens with one attached hydrogen (secondary N) is 2. The smallest absolute Gasteiger partial charge is 0.306 e. The monoisotopic (exact) mass is 429 g/mol. The maximum absolute atomic E-state index is 14.5. The van der Waals surface area contributed by atoms with Crippen LogP contribution in [0, 0.1) is 13.8 Å². The molecule has 4 aromatic rings. The minimum atomic E-state index is -3.16. The fourth-order valence-corrected chi connectivity index (χ4v) is 3.06. The Hall–Kier alpha value is -3.33. The Kier molecular flexibility index (Phi) is 5.21. The van der Waals surface area contributed by atoms with Crippen LogP contribution < -0.4 is 10.6 Å². The number of nitrogens with zero attached hydrogens (tertiary/aromatic N) is 5. The molecule has 0 saturated carbocycles. The van der Waals surface area contributed by atoms with Crippen LogP contribution in [0.15, 0.2) is 48.7 Å². The number of hydrogen-bond acceptors (Lipinski definition) is 6. The van der Waals surface area contributed by atoms with Gasteiger partial charge in [0.25, 0.3) is 5.78 Å². The zero-order valence-corrected chi connectivity index (χ0v) is 17.0. The molecule has 1 aromatic carbocycles. The van der Waals surface area contributed by atoms with Crippen molar-refractivity contribution < 1.29 is 8.78 Å². The van der Waals surface area contributed by atoms with Crippen molar-refractivity contribution in [2.75, 3.05) is 17.2 Å². The van der Waals surface area contributed by atoms with Crippen molar-refractivity contribution in [3.05, 3.63) is 70.6 Å². The number of pyridine rings is 1. The minimum absolute atomic E-state index is 0.276. The number of aryl methyl sites for hydroxylation is 2. The Balaban J connectivity index is 1.62. The zero-order valence-electron chi connectivity index (χ0n) is 16.2. The van der Waals surface area contributed by atoms with Gasteiger partial charge in [-0.15, -0.1) is 5.10 Å². The molecule has 0 bridgehead atoms. The van der Waals surface area contributed by atoms with E-state index in [1.54, 1.807) is 31.2 Å². The fraction of sp³-hybridized carbons (Fsp3) is 0.200. The number of anilines is 3. The number of halogens is 3. The summed E-state index contributed by atoms with van der Waals surface area (Å²) in [4.78, 5) is 12.4. The highest BCUT2D eigenvalue weighted by Crippen LogP contribution is 2.27. The van der Waals surface area contributed by atoms with E-state index < -0.39 is 12.5 Å². The highest BCUT2D eigenvalue weighted by Gasteiger charge is 2.33. The predicted octanol–water partition coefficient (Wildman–Crippen LogP) is 4.74. The lowest BCUT2D eigenvalue weighted by Crippen LogP contribution is -2.26. The predicted molar refractivity (Wildman–Crippen MR) is 112 cm³/mol. The molecule has 0 saturated heterocycles. The topological polar surface area (TPSA) is 80.0 Å². The molecule has 3 aromatic heterocycles. The highest BCUT2D eigenvalue weighted by atomic mass is 35.5. The Morgan fingerprint density at radius 1 is 1.10 bits per heavy atom. The second kappa shape index (κ2) is 7.83. The molecular weight excluding hydrogens is 412 g/mol. The van der Waals surface area contributed by atoms with E-state index in [0.29, 0.717) is 16.5 Å². The second-order valence-electron chi connectivity index (χ2n) is 6.79. The van der Waals surface area contributed by atoms with E-state index in [4.69, 9.17) is 11.6 Å². The molecule has 0 atom stereocenters. The molecular formula is C20H18ClF2N7. The van der Waals surface area contributed by atoms with Gasteiger partial charge in [-0.25, -0.2) is 4.98 Å². The molecule has 4 rings (SSSR count). The average molecular weight is 430 g/mol. The summed E-state index contributed by atoms with van der Waals surface area (Å²) in [7, 11) is 0. The van der Waals surface area contributed by atoms with Gasteiger partial charge in [0, 0.05) is 28.7 Å². The standard InChI is InChI=1S/C20H18ClF2N7/c1-12-6-7-14(21)10-15(12)27-18-28-19-26-13(2)9-17(30(19)29-18)25-11-20(22,23)16-5-3-4-8-24-16/h3-10,25H,11H2,1-2H3,(H,27,29). The van der Waals surface area contributed by atoms with Gasteiger partial charge < -0.3 is 10.6 Å². The SMILES string of the molecule is Cc1cc(NCC(F)(F)c2ccccn2)n2nc(Nc3cc(Cl)ccc3C)nc2n1. The number of hydrogen-bond donors (Lipinski definition) is 2. The summed E-state index contributed by atoms with van der Waals surface area (Å²) in [6.07, 6.45) is 1.34. The van der Waals surface area contributed by atoms with Crippen LogP contribution in [-0.2, 0) is 5.92 Å². The van der Waals surface area contributed by atoms with Crippen molar-refractivity contribution in [1.82, 2.24) is 24.6 Å². The lowest BCUT2D eigenvalue weighted by atomic mass is 10.2. The van der Waals surface area contributed by atoms with Crippen LogP contribution in [0.3, 0.4) is 0 Å². The van der Waals surface area contributed by atoms with E-state index in [1.807, 2.05) is 13.0 Å². The maximum atomic E-state index is 14.5. The minimum Gasteiger partial charge on any atom is -0.363 e. The Morgan fingerprint density at radius 2 is 1.93 bits per heavy atom. The molecule has 0 radical (unpaired) electrons. The molecule has 30 heavy (non-hydrogen) atoms. The number of aromatic nitrogens is 5. The Labute approximate surface area is 176 Å². The Bertz CT molecular complexity index is 1190. The highest BCUT2D eigenvalue weighted by molar-refractivity contribution is 6.30. The third kappa shape index (κ3) is 4.16. The first-order valence-corrected chi connectivity index (χ1v) is 9.50. The summed E-state index contributed by atoms with van der Waals surface area (Å²) in [5.41, 5.74) is 2.00. The van der Waals surface area contributed by atoms with Crippen molar-refractivity contribution in [1.29, 1.82) is 0 Å². The van der Waals surface area contributed by atoms with Crippen molar-refractivity contribution >= 4 is 34.8 Å². The van der Waals surface area contributed by atoms with E-state index in [0.717, 1.165) is 11.3 Å².